The minimum Gasteiger partial charge on any atom is -0.398 e. The zero-order chi connectivity index (χ0) is 30.8. The number of nitrogens with two attached hydrogens (primary N) is 1. The van der Waals surface area contributed by atoms with Gasteiger partial charge in [0.1, 0.15) is 5.82 Å². The molecule has 0 spiro atoms. The number of nitrogen functional groups attached to an aromatic ring is 1. The summed E-state index contributed by atoms with van der Waals surface area (Å²) in [4.78, 5) is 33.0. The SMILES string of the molecule is C=C(F)C(=O)N1CCN(c2nc(N3CC(N(C)C)C3)nc3c2CCN(c2c(C)ccc(N)c2C=N)CC3)CC1/C=C/C#N. The van der Waals surface area contributed by atoms with E-state index in [2.05, 4.69) is 40.3 Å². The molecule has 0 saturated carbocycles. The van der Waals surface area contributed by atoms with E-state index in [1.807, 2.05) is 25.1 Å². The quantitative estimate of drug-likeness (QED) is 0.217. The van der Waals surface area contributed by atoms with Crippen LogP contribution in [-0.2, 0) is 17.6 Å². The van der Waals surface area contributed by atoms with Crippen molar-refractivity contribution in [3.8, 4) is 6.07 Å². The fourth-order valence-electron chi connectivity index (χ4n) is 6.17. The molecular weight excluding hydrogens is 547 g/mol. The van der Waals surface area contributed by atoms with Gasteiger partial charge in [0, 0.05) is 87.4 Å². The highest BCUT2D eigenvalue weighted by Gasteiger charge is 2.36. The van der Waals surface area contributed by atoms with Gasteiger partial charge in [0.2, 0.25) is 5.95 Å². The van der Waals surface area contributed by atoms with Gasteiger partial charge >= 0.3 is 0 Å². The summed E-state index contributed by atoms with van der Waals surface area (Å²) < 4.78 is 13.9. The molecule has 3 aliphatic heterocycles. The maximum Gasteiger partial charge on any atom is 0.282 e. The fourth-order valence-corrected chi connectivity index (χ4v) is 6.17. The second-order valence-corrected chi connectivity index (χ2v) is 11.6. The summed E-state index contributed by atoms with van der Waals surface area (Å²) in [5, 5.41) is 17.2. The first-order valence-corrected chi connectivity index (χ1v) is 14.5. The number of anilines is 4. The Hall–Kier alpha value is -4.50. The van der Waals surface area contributed by atoms with Crippen LogP contribution >= 0.6 is 0 Å². The Morgan fingerprint density at radius 1 is 1.14 bits per heavy atom. The van der Waals surface area contributed by atoms with Crippen LogP contribution in [0, 0.1) is 23.7 Å². The topological polar surface area (TPSA) is 133 Å². The van der Waals surface area contributed by atoms with Crippen LogP contribution < -0.4 is 20.4 Å². The number of benzene rings is 1. The number of aromatic nitrogens is 2. The smallest absolute Gasteiger partial charge is 0.282 e. The summed E-state index contributed by atoms with van der Waals surface area (Å²) >= 11 is 0. The maximum absolute atomic E-state index is 13.9. The van der Waals surface area contributed by atoms with Gasteiger partial charge in [0.15, 0.2) is 5.83 Å². The fraction of sp³-hybridized carbons (Fsp3) is 0.452. The number of amides is 1. The van der Waals surface area contributed by atoms with E-state index in [-0.39, 0.29) is 6.54 Å². The Kier molecular flexibility index (Phi) is 8.64. The number of fused-ring (bicyclic) bond motifs is 1. The lowest BCUT2D eigenvalue weighted by molar-refractivity contribution is -0.130. The molecule has 0 radical (unpaired) electrons. The molecule has 2 saturated heterocycles. The summed E-state index contributed by atoms with van der Waals surface area (Å²) in [7, 11) is 4.14. The number of hydrogen-bond acceptors (Lipinski definition) is 10. The highest BCUT2D eigenvalue weighted by atomic mass is 19.1. The third kappa shape index (κ3) is 5.90. The molecule has 12 heteroatoms. The number of rotatable bonds is 7. The Balaban J connectivity index is 1.51. The average Bonchev–Trinajstić information content (AvgIpc) is 3.17. The standard InChI is InChI=1S/C31H39FN10O/c1-20-7-8-26(35)25(16-34)28(20)39-12-9-24-27(10-13-39)36-31(41-18-23(19-41)38(3)4)37-29(24)40-14-15-42(30(43)21(2)32)22(17-40)6-5-11-33/h5-8,16,22-23,34H,2,9-10,12-15,17-19,35H2,1,3-4H3/b6-5+,34-16?. The first-order valence-electron chi connectivity index (χ1n) is 14.5. The van der Waals surface area contributed by atoms with Crippen LogP contribution in [0.1, 0.15) is 22.4 Å². The average molecular weight is 587 g/mol. The number of nitrogens with one attached hydrogen (secondary N) is 1. The second kappa shape index (κ2) is 12.4. The van der Waals surface area contributed by atoms with Crippen LogP contribution in [0.5, 0.6) is 0 Å². The maximum atomic E-state index is 13.9. The highest BCUT2D eigenvalue weighted by Crippen LogP contribution is 2.34. The van der Waals surface area contributed by atoms with Crippen molar-refractivity contribution in [2.75, 3.05) is 80.3 Å². The number of carbonyl (C=O) groups is 1. The van der Waals surface area contributed by atoms with E-state index in [1.165, 1.54) is 17.2 Å². The minimum absolute atomic E-state index is 0.264. The van der Waals surface area contributed by atoms with Gasteiger partial charge in [-0.05, 0) is 45.1 Å². The van der Waals surface area contributed by atoms with E-state index in [0.717, 1.165) is 47.0 Å². The molecule has 5 rings (SSSR count). The minimum atomic E-state index is -1.02. The Labute approximate surface area is 252 Å². The second-order valence-electron chi connectivity index (χ2n) is 11.6. The number of allylic oxidation sites excluding steroid dienone is 1. The molecule has 4 heterocycles. The summed E-state index contributed by atoms with van der Waals surface area (Å²) in [6.45, 7) is 9.37. The van der Waals surface area contributed by atoms with E-state index >= 15 is 0 Å². The molecule has 3 N–H and O–H groups in total. The van der Waals surface area contributed by atoms with E-state index in [9.17, 15) is 14.4 Å². The molecule has 11 nitrogen and oxygen atoms in total. The third-order valence-corrected chi connectivity index (χ3v) is 8.70. The molecule has 1 aromatic carbocycles. The molecule has 0 bridgehead atoms. The molecule has 1 unspecified atom stereocenters. The molecule has 0 aliphatic carbocycles. The number of hydrogen-bond donors (Lipinski definition) is 2. The third-order valence-electron chi connectivity index (χ3n) is 8.70. The van der Waals surface area contributed by atoms with Crippen molar-refractivity contribution in [1.82, 2.24) is 19.8 Å². The van der Waals surface area contributed by atoms with Crippen molar-refractivity contribution in [3.63, 3.8) is 0 Å². The molecule has 3 aliphatic rings. The Morgan fingerprint density at radius 3 is 2.56 bits per heavy atom. The van der Waals surface area contributed by atoms with Gasteiger partial charge in [-0.15, -0.1) is 0 Å². The number of aryl methyl sites for hydroxylation is 1. The molecule has 2 fully saturated rings. The number of likely N-dealkylation sites (N-methyl/N-ethyl adjacent to an activating group) is 1. The predicted octanol–water partition coefficient (Wildman–Crippen LogP) is 2.30. The number of carbonyl (C=O) groups excluding carboxylic acids is 1. The van der Waals surface area contributed by atoms with Crippen LogP contribution in [0.4, 0.5) is 27.5 Å². The summed E-state index contributed by atoms with van der Waals surface area (Å²) in [5.74, 6) is -0.287. The van der Waals surface area contributed by atoms with Crippen molar-refractivity contribution >= 4 is 35.3 Å². The number of nitriles is 1. The normalized spacial score (nSPS) is 19.2. The van der Waals surface area contributed by atoms with Crippen LogP contribution in [0.2, 0.25) is 0 Å². The predicted molar refractivity (Wildman–Crippen MR) is 168 cm³/mol. The molecule has 1 amide bonds. The number of piperazine rings is 1. The van der Waals surface area contributed by atoms with Gasteiger partial charge in [-0.3, -0.25) is 4.79 Å². The lowest BCUT2D eigenvalue weighted by Gasteiger charge is -2.44. The molecule has 2 aromatic rings. The van der Waals surface area contributed by atoms with Crippen molar-refractivity contribution in [3.05, 3.63) is 59.1 Å². The largest absolute Gasteiger partial charge is 0.398 e. The first kappa shape index (κ1) is 30.0. The van der Waals surface area contributed by atoms with Crippen molar-refractivity contribution in [2.24, 2.45) is 0 Å². The van der Waals surface area contributed by atoms with Gasteiger partial charge in [-0.25, -0.2) is 9.37 Å². The van der Waals surface area contributed by atoms with Crippen molar-refractivity contribution in [1.29, 1.82) is 10.7 Å². The molecule has 226 valence electrons. The van der Waals surface area contributed by atoms with Crippen LogP contribution in [0.3, 0.4) is 0 Å². The van der Waals surface area contributed by atoms with Crippen LogP contribution in [-0.4, -0.2) is 104 Å². The molecule has 1 atom stereocenters. The van der Waals surface area contributed by atoms with Crippen molar-refractivity contribution in [2.45, 2.75) is 31.8 Å². The lowest BCUT2D eigenvalue weighted by atomic mass is 10.0. The summed E-state index contributed by atoms with van der Waals surface area (Å²) in [6.07, 6.45) is 5.65. The summed E-state index contributed by atoms with van der Waals surface area (Å²) in [6, 6.07) is 5.73. The lowest BCUT2D eigenvalue weighted by Crippen LogP contribution is -2.58. The van der Waals surface area contributed by atoms with E-state index in [1.54, 1.807) is 6.08 Å². The van der Waals surface area contributed by atoms with Gasteiger partial charge in [-0.1, -0.05) is 12.6 Å². The zero-order valence-electron chi connectivity index (χ0n) is 25.1. The summed E-state index contributed by atoms with van der Waals surface area (Å²) in [5.41, 5.74) is 11.6. The van der Waals surface area contributed by atoms with Gasteiger partial charge < -0.3 is 35.6 Å². The van der Waals surface area contributed by atoms with Gasteiger partial charge in [-0.2, -0.15) is 10.2 Å². The van der Waals surface area contributed by atoms with Gasteiger partial charge in [0.25, 0.3) is 5.91 Å². The van der Waals surface area contributed by atoms with Crippen LogP contribution in [0.25, 0.3) is 0 Å². The first-order chi connectivity index (χ1) is 20.6. The molecule has 43 heavy (non-hydrogen) atoms. The number of nitrogens with zero attached hydrogens (tertiary/aromatic N) is 8. The monoisotopic (exact) mass is 586 g/mol. The van der Waals surface area contributed by atoms with E-state index in [4.69, 9.17) is 21.1 Å². The Bertz CT molecular complexity index is 1490. The number of halogens is 1. The van der Waals surface area contributed by atoms with E-state index in [0.29, 0.717) is 56.7 Å². The Morgan fingerprint density at radius 2 is 1.88 bits per heavy atom. The van der Waals surface area contributed by atoms with Gasteiger partial charge in [0.05, 0.1) is 23.5 Å². The van der Waals surface area contributed by atoms with Crippen LogP contribution in [0.15, 0.2) is 36.7 Å². The molecule has 1 aromatic heterocycles. The van der Waals surface area contributed by atoms with E-state index < -0.39 is 17.8 Å². The highest BCUT2D eigenvalue weighted by molar-refractivity contribution is 5.94. The zero-order valence-corrected chi connectivity index (χ0v) is 25.1. The van der Waals surface area contributed by atoms with Crippen molar-refractivity contribution < 1.29 is 9.18 Å². The molecular formula is C31H39FN10O.